The Kier molecular flexibility index (Phi) is 3.40. The summed E-state index contributed by atoms with van der Waals surface area (Å²) in [7, 11) is 5.57. The molecule has 0 spiro atoms. The van der Waals surface area contributed by atoms with Crippen LogP contribution in [0.3, 0.4) is 0 Å². The van der Waals surface area contributed by atoms with Crippen molar-refractivity contribution < 1.29 is 9.47 Å². The summed E-state index contributed by atoms with van der Waals surface area (Å²) in [4.78, 5) is 0. The average molecular weight is 261 g/mol. The molecule has 3 nitrogen and oxygen atoms in total. The molecular formula is C16H23NO2. The van der Waals surface area contributed by atoms with Crippen LogP contribution in [0.4, 0.5) is 0 Å². The molecule has 0 aliphatic heterocycles. The maximum absolute atomic E-state index is 5.63. The Balaban J connectivity index is 2.17. The molecule has 2 unspecified atom stereocenters. The van der Waals surface area contributed by atoms with Crippen LogP contribution >= 0.6 is 0 Å². The summed E-state index contributed by atoms with van der Waals surface area (Å²) in [5.74, 6) is 2.51. The summed E-state index contributed by atoms with van der Waals surface area (Å²) in [6.45, 7) is 0. The smallest absolute Gasteiger partial charge is 0.164 e. The first-order valence-electron chi connectivity index (χ1n) is 7.24. The number of hydrogen-bond donors (Lipinski definition) is 1. The first-order valence-corrected chi connectivity index (χ1v) is 7.24. The van der Waals surface area contributed by atoms with E-state index < -0.39 is 0 Å². The normalized spacial score (nSPS) is 24.8. The predicted molar refractivity (Wildman–Crippen MR) is 76.4 cm³/mol. The van der Waals surface area contributed by atoms with Crippen LogP contribution in [-0.4, -0.2) is 27.3 Å². The number of hydrogen-bond acceptors (Lipinski definition) is 3. The molecule has 2 atom stereocenters. The van der Waals surface area contributed by atoms with E-state index in [1.807, 2.05) is 0 Å². The third kappa shape index (κ3) is 1.91. The van der Waals surface area contributed by atoms with Gasteiger partial charge in [-0.1, -0.05) is 0 Å². The lowest BCUT2D eigenvalue weighted by molar-refractivity contribution is 0.333. The lowest BCUT2D eigenvalue weighted by Gasteiger charge is -2.39. The highest BCUT2D eigenvalue weighted by Gasteiger charge is 2.35. The van der Waals surface area contributed by atoms with Crippen molar-refractivity contribution in [1.29, 1.82) is 0 Å². The van der Waals surface area contributed by atoms with Crippen LogP contribution in [0.25, 0.3) is 0 Å². The van der Waals surface area contributed by atoms with Gasteiger partial charge in [0.15, 0.2) is 11.5 Å². The van der Waals surface area contributed by atoms with E-state index in [9.17, 15) is 0 Å². The van der Waals surface area contributed by atoms with E-state index in [1.165, 1.54) is 30.4 Å². The highest BCUT2D eigenvalue weighted by molar-refractivity contribution is 5.57. The molecule has 0 saturated carbocycles. The summed E-state index contributed by atoms with van der Waals surface area (Å²) >= 11 is 0. The van der Waals surface area contributed by atoms with Crippen LogP contribution in [0.5, 0.6) is 11.5 Å². The minimum Gasteiger partial charge on any atom is -0.493 e. The van der Waals surface area contributed by atoms with Crippen molar-refractivity contribution in [3.05, 3.63) is 22.8 Å². The Morgan fingerprint density at radius 3 is 2.68 bits per heavy atom. The standard InChI is InChI=1S/C16H23NO2/c1-17-13-8-7-10-9-14(18-2)16(19-3)12-6-4-5-11(13)15(10)12/h9,11,13,17H,4-8H2,1-3H3. The molecule has 1 aromatic carbocycles. The lowest BCUT2D eigenvalue weighted by atomic mass is 9.70. The van der Waals surface area contributed by atoms with Gasteiger partial charge in [0.05, 0.1) is 14.2 Å². The fourth-order valence-corrected chi connectivity index (χ4v) is 3.96. The van der Waals surface area contributed by atoms with Gasteiger partial charge in [0.2, 0.25) is 0 Å². The maximum Gasteiger partial charge on any atom is 0.164 e. The fraction of sp³-hybridized carbons (Fsp3) is 0.625. The Labute approximate surface area is 115 Å². The van der Waals surface area contributed by atoms with Crippen molar-refractivity contribution in [2.45, 2.75) is 44.1 Å². The van der Waals surface area contributed by atoms with Crippen molar-refractivity contribution in [3.8, 4) is 11.5 Å². The van der Waals surface area contributed by atoms with E-state index in [-0.39, 0.29) is 0 Å². The van der Waals surface area contributed by atoms with Gasteiger partial charge in [-0.15, -0.1) is 0 Å². The summed E-state index contributed by atoms with van der Waals surface area (Å²) < 4.78 is 11.1. The number of likely N-dealkylation sites (N-methyl/N-ethyl adjacent to an activating group) is 1. The van der Waals surface area contributed by atoms with Gasteiger partial charge in [0.25, 0.3) is 0 Å². The number of rotatable bonds is 3. The second-order valence-corrected chi connectivity index (χ2v) is 5.60. The highest BCUT2D eigenvalue weighted by Crippen LogP contribution is 2.48. The van der Waals surface area contributed by atoms with Gasteiger partial charge in [-0.05, 0) is 62.3 Å². The second-order valence-electron chi connectivity index (χ2n) is 5.60. The van der Waals surface area contributed by atoms with Gasteiger partial charge in [0, 0.05) is 11.6 Å². The van der Waals surface area contributed by atoms with E-state index in [4.69, 9.17) is 9.47 Å². The zero-order valence-electron chi connectivity index (χ0n) is 12.1. The SMILES string of the molecule is CNC1CCc2cc(OC)c(OC)c3c2C1CCC3. The van der Waals surface area contributed by atoms with E-state index in [0.29, 0.717) is 12.0 Å². The molecule has 2 aliphatic rings. The van der Waals surface area contributed by atoms with Crippen LogP contribution in [0.15, 0.2) is 6.07 Å². The van der Waals surface area contributed by atoms with Gasteiger partial charge in [-0.3, -0.25) is 0 Å². The molecule has 0 amide bonds. The molecular weight excluding hydrogens is 238 g/mol. The Hall–Kier alpha value is -1.22. The Morgan fingerprint density at radius 1 is 1.16 bits per heavy atom. The largest absolute Gasteiger partial charge is 0.493 e. The molecule has 0 radical (unpaired) electrons. The van der Waals surface area contributed by atoms with Crippen LogP contribution in [0, 0.1) is 0 Å². The first kappa shape index (κ1) is 12.8. The summed E-state index contributed by atoms with van der Waals surface area (Å²) in [5, 5.41) is 3.50. The molecule has 0 fully saturated rings. The second kappa shape index (κ2) is 5.04. The minimum atomic E-state index is 0.615. The Bertz CT molecular complexity index is 484. The number of nitrogens with one attached hydrogen (secondary N) is 1. The average Bonchev–Trinajstić information content (AvgIpc) is 2.47. The summed E-state index contributed by atoms with van der Waals surface area (Å²) in [6, 6.07) is 2.81. The Morgan fingerprint density at radius 2 is 2.00 bits per heavy atom. The van der Waals surface area contributed by atoms with Crippen LogP contribution in [0.2, 0.25) is 0 Å². The molecule has 0 aromatic heterocycles. The topological polar surface area (TPSA) is 30.5 Å². The number of methoxy groups -OCH3 is 2. The fourth-order valence-electron chi connectivity index (χ4n) is 3.96. The van der Waals surface area contributed by atoms with E-state index in [0.717, 1.165) is 24.3 Å². The van der Waals surface area contributed by atoms with Gasteiger partial charge < -0.3 is 14.8 Å². The molecule has 1 N–H and O–H groups in total. The monoisotopic (exact) mass is 261 g/mol. The molecule has 104 valence electrons. The number of ether oxygens (including phenoxy) is 2. The third-order valence-corrected chi connectivity index (χ3v) is 4.79. The molecule has 2 aliphatic carbocycles. The zero-order valence-corrected chi connectivity index (χ0v) is 12.1. The van der Waals surface area contributed by atoms with Gasteiger partial charge >= 0.3 is 0 Å². The van der Waals surface area contributed by atoms with E-state index in [1.54, 1.807) is 19.8 Å². The molecule has 1 aromatic rings. The van der Waals surface area contributed by atoms with Gasteiger partial charge in [-0.2, -0.15) is 0 Å². The van der Waals surface area contributed by atoms with Crippen LogP contribution in [0.1, 0.15) is 41.9 Å². The van der Waals surface area contributed by atoms with Crippen molar-refractivity contribution in [2.24, 2.45) is 0 Å². The number of benzene rings is 1. The minimum absolute atomic E-state index is 0.615. The highest BCUT2D eigenvalue weighted by atomic mass is 16.5. The maximum atomic E-state index is 5.63. The van der Waals surface area contributed by atoms with Crippen LogP contribution in [-0.2, 0) is 12.8 Å². The zero-order chi connectivity index (χ0) is 13.4. The molecule has 0 saturated heterocycles. The molecule has 0 heterocycles. The molecule has 19 heavy (non-hydrogen) atoms. The van der Waals surface area contributed by atoms with Crippen molar-refractivity contribution >= 4 is 0 Å². The number of aryl methyl sites for hydroxylation is 1. The predicted octanol–water partition coefficient (Wildman–Crippen LogP) is 2.66. The third-order valence-electron chi connectivity index (χ3n) is 4.79. The van der Waals surface area contributed by atoms with Gasteiger partial charge in [-0.25, -0.2) is 0 Å². The quantitative estimate of drug-likeness (QED) is 0.907. The molecule has 0 bridgehead atoms. The van der Waals surface area contributed by atoms with Gasteiger partial charge in [0.1, 0.15) is 0 Å². The van der Waals surface area contributed by atoms with Crippen LogP contribution < -0.4 is 14.8 Å². The van der Waals surface area contributed by atoms with E-state index in [2.05, 4.69) is 18.4 Å². The van der Waals surface area contributed by atoms with Crippen molar-refractivity contribution in [3.63, 3.8) is 0 Å². The first-order chi connectivity index (χ1) is 9.30. The molecule has 3 rings (SSSR count). The van der Waals surface area contributed by atoms with E-state index >= 15 is 0 Å². The lowest BCUT2D eigenvalue weighted by Crippen LogP contribution is -2.38. The van der Waals surface area contributed by atoms with Crippen molar-refractivity contribution in [1.82, 2.24) is 5.32 Å². The molecule has 3 heteroatoms. The summed E-state index contributed by atoms with van der Waals surface area (Å²) in [5.41, 5.74) is 4.42. The van der Waals surface area contributed by atoms with Crippen molar-refractivity contribution in [2.75, 3.05) is 21.3 Å². The summed E-state index contributed by atoms with van der Waals surface area (Å²) in [6.07, 6.45) is 6.03.